The molecule has 0 atom stereocenters. The van der Waals surface area contributed by atoms with Crippen LogP contribution in [0.5, 0.6) is 0 Å². The number of hydrogen-bond acceptors (Lipinski definition) is 2. The van der Waals surface area contributed by atoms with Crippen LogP contribution in [-0.2, 0) is 4.79 Å². The zero-order chi connectivity index (χ0) is 12.7. The molecule has 0 amide bonds. The van der Waals surface area contributed by atoms with Crippen LogP contribution >= 0.6 is 0 Å². The molecule has 0 aromatic rings. The van der Waals surface area contributed by atoms with Crippen molar-refractivity contribution in [3.8, 4) is 0 Å². The zero-order valence-corrected chi connectivity index (χ0v) is 10.9. The van der Waals surface area contributed by atoms with Crippen LogP contribution in [0.15, 0.2) is 41.1 Å². The van der Waals surface area contributed by atoms with Gasteiger partial charge in [0.2, 0.25) is 0 Å². The van der Waals surface area contributed by atoms with Gasteiger partial charge in [0.05, 0.1) is 11.4 Å². The summed E-state index contributed by atoms with van der Waals surface area (Å²) in [6.45, 7) is 13.1. The van der Waals surface area contributed by atoms with E-state index in [4.69, 9.17) is 0 Å². The SMILES string of the molecule is C=CC(/N=C(\C)C(C)=O)=C(\C=C/C)C(C)C. The van der Waals surface area contributed by atoms with Crippen LogP contribution in [0.4, 0.5) is 0 Å². The van der Waals surface area contributed by atoms with E-state index in [2.05, 4.69) is 25.4 Å². The predicted octanol–water partition coefficient (Wildman–Crippen LogP) is 3.71. The highest BCUT2D eigenvalue weighted by Gasteiger charge is 2.06. The Morgan fingerprint density at radius 2 is 1.88 bits per heavy atom. The number of rotatable bonds is 5. The average molecular weight is 219 g/mol. The first-order valence-electron chi connectivity index (χ1n) is 5.49. The molecule has 2 nitrogen and oxygen atoms in total. The van der Waals surface area contributed by atoms with Gasteiger partial charge in [-0.15, -0.1) is 0 Å². The molecule has 0 spiro atoms. The molecule has 16 heavy (non-hydrogen) atoms. The lowest BCUT2D eigenvalue weighted by Crippen LogP contribution is -2.05. The van der Waals surface area contributed by atoms with Gasteiger partial charge in [-0.3, -0.25) is 4.79 Å². The third-order valence-electron chi connectivity index (χ3n) is 2.26. The maximum absolute atomic E-state index is 11.1. The molecule has 0 saturated carbocycles. The maximum atomic E-state index is 11.1. The average Bonchev–Trinajstić information content (AvgIpc) is 2.22. The number of allylic oxidation sites excluding steroid dienone is 4. The van der Waals surface area contributed by atoms with Crippen molar-refractivity contribution < 1.29 is 4.79 Å². The first kappa shape index (κ1) is 14.6. The Hall–Kier alpha value is -1.44. The molecule has 0 fully saturated rings. The second kappa shape index (κ2) is 6.94. The van der Waals surface area contributed by atoms with Crippen molar-refractivity contribution in [1.82, 2.24) is 0 Å². The molecule has 0 N–H and O–H groups in total. The summed E-state index contributed by atoms with van der Waals surface area (Å²) in [5.74, 6) is 0.343. The Labute approximate surface area is 98.5 Å². The Bertz CT molecular complexity index is 357. The summed E-state index contributed by atoms with van der Waals surface area (Å²) in [5, 5.41) is 0. The summed E-state index contributed by atoms with van der Waals surface area (Å²) in [6, 6.07) is 0. The number of carbonyl (C=O) groups excluding carboxylic acids is 1. The summed E-state index contributed by atoms with van der Waals surface area (Å²) in [4.78, 5) is 15.5. The van der Waals surface area contributed by atoms with Crippen molar-refractivity contribution in [2.24, 2.45) is 10.9 Å². The minimum atomic E-state index is -0.0112. The van der Waals surface area contributed by atoms with E-state index in [0.717, 1.165) is 11.3 Å². The molecule has 0 heterocycles. The molecular formula is C14H21NO. The van der Waals surface area contributed by atoms with Gasteiger partial charge >= 0.3 is 0 Å². The standard InChI is InChI=1S/C14H21NO/c1-7-9-13(10(3)4)14(8-2)15-11(5)12(6)16/h7-10H,2H2,1,3-6H3/b9-7-,14-13-,15-11+. The van der Waals surface area contributed by atoms with E-state index in [-0.39, 0.29) is 5.78 Å². The summed E-state index contributed by atoms with van der Waals surface area (Å²) in [7, 11) is 0. The van der Waals surface area contributed by atoms with Crippen LogP contribution in [0, 0.1) is 5.92 Å². The molecule has 0 bridgehead atoms. The minimum absolute atomic E-state index is 0.0112. The van der Waals surface area contributed by atoms with Crippen LogP contribution < -0.4 is 0 Å². The summed E-state index contributed by atoms with van der Waals surface area (Å²) in [5.41, 5.74) is 2.39. The van der Waals surface area contributed by atoms with E-state index in [1.807, 2.05) is 19.1 Å². The fourth-order valence-corrected chi connectivity index (χ4v) is 1.24. The monoisotopic (exact) mass is 219 g/mol. The largest absolute Gasteiger partial charge is 0.293 e. The lowest BCUT2D eigenvalue weighted by Gasteiger charge is -2.09. The number of aliphatic imine (C=N–C) groups is 1. The first-order chi connectivity index (χ1) is 7.43. The van der Waals surface area contributed by atoms with Gasteiger partial charge in [0.1, 0.15) is 0 Å². The van der Waals surface area contributed by atoms with Crippen molar-refractivity contribution in [3.63, 3.8) is 0 Å². The van der Waals surface area contributed by atoms with E-state index >= 15 is 0 Å². The van der Waals surface area contributed by atoms with E-state index in [9.17, 15) is 4.79 Å². The molecule has 0 aliphatic rings. The lowest BCUT2D eigenvalue weighted by atomic mass is 10.0. The highest BCUT2D eigenvalue weighted by molar-refractivity contribution is 6.38. The predicted molar refractivity (Wildman–Crippen MR) is 70.7 cm³/mol. The van der Waals surface area contributed by atoms with Crippen molar-refractivity contribution >= 4 is 11.5 Å². The van der Waals surface area contributed by atoms with Crippen molar-refractivity contribution in [2.75, 3.05) is 0 Å². The van der Waals surface area contributed by atoms with Crippen molar-refractivity contribution in [1.29, 1.82) is 0 Å². The quantitative estimate of drug-likeness (QED) is 0.512. The third kappa shape index (κ3) is 4.39. The van der Waals surface area contributed by atoms with Crippen molar-refractivity contribution in [2.45, 2.75) is 34.6 Å². The summed E-state index contributed by atoms with van der Waals surface area (Å²) >= 11 is 0. The van der Waals surface area contributed by atoms with Crippen LogP contribution in [0.2, 0.25) is 0 Å². The van der Waals surface area contributed by atoms with Gasteiger partial charge in [0, 0.05) is 6.92 Å². The Kier molecular flexibility index (Phi) is 6.31. The highest BCUT2D eigenvalue weighted by atomic mass is 16.1. The van der Waals surface area contributed by atoms with Crippen LogP contribution in [0.25, 0.3) is 0 Å². The summed E-state index contributed by atoms with van der Waals surface area (Å²) < 4.78 is 0. The van der Waals surface area contributed by atoms with Gasteiger partial charge in [0.15, 0.2) is 5.78 Å². The van der Waals surface area contributed by atoms with E-state index in [1.54, 1.807) is 13.0 Å². The fourth-order valence-electron chi connectivity index (χ4n) is 1.24. The normalized spacial score (nSPS) is 14.2. The second-order valence-corrected chi connectivity index (χ2v) is 3.95. The van der Waals surface area contributed by atoms with Gasteiger partial charge in [0.25, 0.3) is 0 Å². The number of hydrogen-bond donors (Lipinski definition) is 0. The zero-order valence-electron chi connectivity index (χ0n) is 10.9. The molecule has 0 rings (SSSR count). The molecule has 0 radical (unpaired) electrons. The minimum Gasteiger partial charge on any atom is -0.293 e. The highest BCUT2D eigenvalue weighted by Crippen LogP contribution is 2.18. The van der Waals surface area contributed by atoms with Gasteiger partial charge in [-0.25, -0.2) is 4.99 Å². The molecule has 0 aromatic heterocycles. The number of Topliss-reactive ketones (excluding diaryl/α,β-unsaturated/α-hetero) is 1. The maximum Gasteiger partial charge on any atom is 0.173 e. The molecule has 0 unspecified atom stereocenters. The van der Waals surface area contributed by atoms with E-state index < -0.39 is 0 Å². The summed E-state index contributed by atoms with van der Waals surface area (Å²) in [6.07, 6.45) is 5.68. The third-order valence-corrected chi connectivity index (χ3v) is 2.26. The molecule has 0 aliphatic carbocycles. The number of carbonyl (C=O) groups is 1. The smallest absolute Gasteiger partial charge is 0.173 e. The Morgan fingerprint density at radius 1 is 1.31 bits per heavy atom. The van der Waals surface area contributed by atoms with Gasteiger partial charge < -0.3 is 0 Å². The molecule has 0 aliphatic heterocycles. The molecule has 0 saturated heterocycles. The second-order valence-electron chi connectivity index (χ2n) is 3.95. The van der Waals surface area contributed by atoms with E-state index in [0.29, 0.717) is 11.6 Å². The number of ketones is 1. The molecule has 0 aromatic carbocycles. The van der Waals surface area contributed by atoms with Gasteiger partial charge in [-0.1, -0.05) is 32.6 Å². The fraction of sp³-hybridized carbons (Fsp3) is 0.429. The first-order valence-corrected chi connectivity index (χ1v) is 5.49. The Morgan fingerprint density at radius 3 is 2.19 bits per heavy atom. The van der Waals surface area contributed by atoms with E-state index in [1.165, 1.54) is 6.92 Å². The lowest BCUT2D eigenvalue weighted by molar-refractivity contribution is -0.111. The van der Waals surface area contributed by atoms with Crippen molar-refractivity contribution in [3.05, 3.63) is 36.1 Å². The molecular weight excluding hydrogens is 198 g/mol. The topological polar surface area (TPSA) is 29.4 Å². The molecule has 88 valence electrons. The number of nitrogens with zero attached hydrogens (tertiary/aromatic N) is 1. The van der Waals surface area contributed by atoms with Gasteiger partial charge in [-0.2, -0.15) is 0 Å². The van der Waals surface area contributed by atoms with Crippen LogP contribution in [0.3, 0.4) is 0 Å². The van der Waals surface area contributed by atoms with Crippen LogP contribution in [-0.4, -0.2) is 11.5 Å². The van der Waals surface area contributed by atoms with Gasteiger partial charge in [-0.05, 0) is 31.4 Å². The Balaban J connectivity index is 5.52. The molecule has 2 heteroatoms. The van der Waals surface area contributed by atoms with Crippen LogP contribution in [0.1, 0.15) is 34.6 Å².